The topological polar surface area (TPSA) is 6.48 Å². The Hall–Kier alpha value is -7.08. The lowest BCUT2D eigenvalue weighted by atomic mass is 9.64. The van der Waals surface area contributed by atoms with Crippen molar-refractivity contribution in [2.24, 2.45) is 0 Å². The van der Waals surface area contributed by atoms with Crippen molar-refractivity contribution in [1.29, 1.82) is 0 Å². The van der Waals surface area contributed by atoms with E-state index < -0.39 is 5.41 Å². The second kappa shape index (κ2) is 18.3. The molecule has 0 amide bonds. The van der Waals surface area contributed by atoms with Crippen molar-refractivity contribution in [2.75, 3.05) is 9.80 Å². The van der Waals surface area contributed by atoms with Gasteiger partial charge in [0.1, 0.15) is 11.6 Å². The molecule has 10 rings (SSSR count). The maximum atomic E-state index is 16.6. The first-order chi connectivity index (χ1) is 33.9. The standard InChI is InChI=1S/C66H59BrF2N2/c1-42-18-22-49(23-19-42)66(50-24-20-43(2)21-25-50)51-36-45(57-14-10-12-16-59(57)68)38-55(40-51)70(53-30-26-47(27-31-53)64(4,5)6)61-34-44(3)35-62(63(61)67)71(54-32-28-48(29-33-54)65(7,8)9)56-39-46(37-52(66)41-56)58-15-11-13-17-60(58)69/h10-41H,1-9H3. The predicted octanol–water partition coefficient (Wildman–Crippen LogP) is 19.2. The van der Waals surface area contributed by atoms with Crippen LogP contribution in [0.15, 0.2) is 199 Å². The highest BCUT2D eigenvalue weighted by atomic mass is 79.9. The summed E-state index contributed by atoms with van der Waals surface area (Å²) in [6, 6.07) is 67.0. The molecule has 0 N–H and O–H groups in total. The molecule has 0 unspecified atom stereocenters. The number of fused-ring (bicyclic) bond motifs is 6. The quantitative estimate of drug-likeness (QED) is 0.164. The number of hydrogen-bond acceptors (Lipinski definition) is 2. The van der Waals surface area contributed by atoms with Crippen molar-refractivity contribution in [3.63, 3.8) is 0 Å². The largest absolute Gasteiger partial charge is 0.309 e. The van der Waals surface area contributed by atoms with E-state index in [4.69, 9.17) is 0 Å². The maximum absolute atomic E-state index is 16.6. The fraction of sp³-hybridized carbons (Fsp3) is 0.182. The smallest absolute Gasteiger partial charge is 0.131 e. The molecule has 9 aromatic rings. The molecule has 0 aliphatic carbocycles. The van der Waals surface area contributed by atoms with Gasteiger partial charge in [0.05, 0.1) is 21.3 Å². The highest BCUT2D eigenvalue weighted by Gasteiger charge is 2.41. The minimum absolute atomic E-state index is 0.0750. The van der Waals surface area contributed by atoms with Crippen LogP contribution in [-0.2, 0) is 16.2 Å². The summed E-state index contributed by atoms with van der Waals surface area (Å²) in [6.45, 7) is 19.7. The van der Waals surface area contributed by atoms with Crippen LogP contribution in [0, 0.1) is 32.4 Å². The summed E-state index contributed by atoms with van der Waals surface area (Å²) in [5, 5.41) is 0. The fourth-order valence-electron chi connectivity index (χ4n) is 10.4. The highest BCUT2D eigenvalue weighted by Crippen LogP contribution is 2.54. The summed E-state index contributed by atoms with van der Waals surface area (Å²) >= 11 is 4.29. The van der Waals surface area contributed by atoms with Crippen LogP contribution < -0.4 is 9.80 Å². The number of aryl methyl sites for hydroxylation is 3. The van der Waals surface area contributed by atoms with Crippen molar-refractivity contribution >= 4 is 50.1 Å². The summed E-state index contributed by atoms with van der Waals surface area (Å²) in [7, 11) is 0. The molecule has 1 heterocycles. The van der Waals surface area contributed by atoms with E-state index in [1.165, 1.54) is 23.3 Å². The van der Waals surface area contributed by atoms with Gasteiger partial charge in [-0.25, -0.2) is 8.78 Å². The first kappa shape index (κ1) is 47.6. The van der Waals surface area contributed by atoms with E-state index in [-0.39, 0.29) is 22.5 Å². The number of rotatable bonds is 6. The van der Waals surface area contributed by atoms with E-state index in [0.717, 1.165) is 88.7 Å². The second-order valence-corrected chi connectivity index (χ2v) is 22.2. The summed E-state index contributed by atoms with van der Waals surface area (Å²) < 4.78 is 34.0. The lowest BCUT2D eigenvalue weighted by Gasteiger charge is -2.40. The van der Waals surface area contributed by atoms with E-state index in [0.29, 0.717) is 11.1 Å². The Morgan fingerprint density at radius 1 is 0.380 bits per heavy atom. The van der Waals surface area contributed by atoms with Gasteiger partial charge in [-0.15, -0.1) is 0 Å². The van der Waals surface area contributed by atoms with Crippen LogP contribution in [0.5, 0.6) is 0 Å². The molecule has 354 valence electrons. The van der Waals surface area contributed by atoms with Crippen molar-refractivity contribution in [3.8, 4) is 22.3 Å². The number of benzene rings is 9. The first-order valence-electron chi connectivity index (χ1n) is 24.5. The van der Waals surface area contributed by atoms with E-state index in [9.17, 15) is 0 Å². The lowest BCUT2D eigenvalue weighted by molar-refractivity contribution is 0.590. The predicted molar refractivity (Wildman–Crippen MR) is 298 cm³/mol. The van der Waals surface area contributed by atoms with Gasteiger partial charge >= 0.3 is 0 Å². The summed E-state index contributed by atoms with van der Waals surface area (Å²) in [4.78, 5) is 4.63. The van der Waals surface area contributed by atoms with E-state index in [1.807, 2.05) is 24.3 Å². The number of hydrogen-bond donors (Lipinski definition) is 0. The Labute approximate surface area is 427 Å². The zero-order valence-corrected chi connectivity index (χ0v) is 43.6. The molecular weight excluding hydrogens is 939 g/mol. The van der Waals surface area contributed by atoms with Gasteiger partial charge in [0.15, 0.2) is 0 Å². The van der Waals surface area contributed by atoms with Crippen LogP contribution in [0.2, 0.25) is 0 Å². The SMILES string of the molecule is Cc1ccc(C2(c3ccc(C)cc3)c3cc(-c4ccccc4F)cc(c3)N(c3ccc(C(C)(C)C)cc3)c3cc(C)cc(c3Br)N(c3ccc(C(C)(C)C)cc3)c3cc(-c4ccccc4F)cc2c3)cc1. The van der Waals surface area contributed by atoms with Crippen LogP contribution in [0.25, 0.3) is 22.3 Å². The molecule has 1 aliphatic heterocycles. The van der Waals surface area contributed by atoms with Gasteiger partial charge in [-0.1, -0.05) is 162 Å². The van der Waals surface area contributed by atoms with Gasteiger partial charge in [0.25, 0.3) is 0 Å². The van der Waals surface area contributed by atoms with E-state index in [2.05, 4.69) is 234 Å². The molecule has 1 aliphatic rings. The number of halogens is 3. The Bertz CT molecular complexity index is 3210. The fourth-order valence-corrected chi connectivity index (χ4v) is 10.9. The molecule has 0 fully saturated rings. The molecule has 0 spiro atoms. The lowest BCUT2D eigenvalue weighted by Crippen LogP contribution is -2.32. The second-order valence-electron chi connectivity index (χ2n) is 21.4. The molecule has 0 saturated carbocycles. The maximum Gasteiger partial charge on any atom is 0.131 e. The Morgan fingerprint density at radius 3 is 1.10 bits per heavy atom. The number of anilines is 6. The minimum atomic E-state index is -1.06. The molecular formula is C66H59BrF2N2. The Kier molecular flexibility index (Phi) is 12.2. The highest BCUT2D eigenvalue weighted by molar-refractivity contribution is 9.10. The van der Waals surface area contributed by atoms with Gasteiger partial charge in [-0.2, -0.15) is 0 Å². The Morgan fingerprint density at radius 2 is 0.746 bits per heavy atom. The normalized spacial score (nSPS) is 13.4. The van der Waals surface area contributed by atoms with Gasteiger partial charge in [0, 0.05) is 33.9 Å². The zero-order valence-electron chi connectivity index (χ0n) is 42.0. The van der Waals surface area contributed by atoms with Gasteiger partial charge < -0.3 is 9.80 Å². The number of nitrogens with zero attached hydrogens (tertiary/aromatic N) is 2. The molecule has 0 aromatic heterocycles. The third-order valence-corrected chi connectivity index (χ3v) is 15.0. The van der Waals surface area contributed by atoms with Crippen LogP contribution in [-0.4, -0.2) is 0 Å². The molecule has 0 atom stereocenters. The third-order valence-electron chi connectivity index (χ3n) is 14.2. The monoisotopic (exact) mass is 996 g/mol. The first-order valence-corrected chi connectivity index (χ1v) is 25.3. The van der Waals surface area contributed by atoms with Crippen molar-refractivity contribution in [1.82, 2.24) is 0 Å². The molecule has 9 aromatic carbocycles. The average Bonchev–Trinajstić information content (AvgIpc) is 3.34. The van der Waals surface area contributed by atoms with Crippen LogP contribution >= 0.6 is 15.9 Å². The van der Waals surface area contributed by atoms with Gasteiger partial charge in [0.2, 0.25) is 0 Å². The molecule has 5 heteroatoms. The van der Waals surface area contributed by atoms with E-state index >= 15 is 8.78 Å². The van der Waals surface area contributed by atoms with Gasteiger partial charge in [-0.3, -0.25) is 0 Å². The average molecular weight is 998 g/mol. The summed E-state index contributed by atoms with van der Waals surface area (Å²) in [6.07, 6.45) is 0. The molecule has 2 nitrogen and oxygen atoms in total. The Balaban J connectivity index is 1.45. The molecule has 6 bridgehead atoms. The molecule has 71 heavy (non-hydrogen) atoms. The van der Waals surface area contributed by atoms with Crippen LogP contribution in [0.1, 0.15) is 91.6 Å². The van der Waals surface area contributed by atoms with Crippen molar-refractivity contribution in [2.45, 2.75) is 78.6 Å². The molecule has 0 saturated heterocycles. The van der Waals surface area contributed by atoms with Crippen LogP contribution in [0.4, 0.5) is 42.9 Å². The third kappa shape index (κ3) is 8.80. The summed E-state index contributed by atoms with van der Waals surface area (Å²) in [5.41, 5.74) is 16.2. The van der Waals surface area contributed by atoms with E-state index in [1.54, 1.807) is 12.1 Å². The van der Waals surface area contributed by atoms with Gasteiger partial charge in [-0.05, 0) is 183 Å². The molecule has 0 radical (unpaired) electrons. The summed E-state index contributed by atoms with van der Waals surface area (Å²) in [5.74, 6) is -0.630. The zero-order chi connectivity index (χ0) is 50.0. The minimum Gasteiger partial charge on any atom is -0.309 e. The van der Waals surface area contributed by atoms with Crippen molar-refractivity contribution in [3.05, 3.63) is 260 Å². The van der Waals surface area contributed by atoms with Crippen molar-refractivity contribution < 1.29 is 8.78 Å². The van der Waals surface area contributed by atoms with Crippen LogP contribution in [0.3, 0.4) is 0 Å².